The van der Waals surface area contributed by atoms with Crippen LogP contribution in [0.2, 0.25) is 0 Å². The Morgan fingerprint density at radius 1 is 1.22 bits per heavy atom. The normalized spacial score (nSPS) is 42.7. The summed E-state index contributed by atoms with van der Waals surface area (Å²) in [7, 11) is 0. The van der Waals surface area contributed by atoms with Gasteiger partial charge in [0.15, 0.2) is 0 Å². The maximum absolute atomic E-state index is 3.44. The molecule has 1 N–H and O–H groups in total. The van der Waals surface area contributed by atoms with E-state index < -0.39 is 0 Å². The average molecular weight is 143 g/mol. The molecule has 2 saturated heterocycles. The number of fused-ring (bicyclic) bond motifs is 1. The lowest BCUT2D eigenvalue weighted by molar-refractivity contribution is 0.318. The number of thioether (sulfide) groups is 1. The van der Waals surface area contributed by atoms with Gasteiger partial charge in [0.25, 0.3) is 0 Å². The van der Waals surface area contributed by atoms with Crippen LogP contribution in [0.1, 0.15) is 6.42 Å². The Morgan fingerprint density at radius 3 is 3.00 bits per heavy atom. The Labute approximate surface area is 60.6 Å². The van der Waals surface area contributed by atoms with Crippen LogP contribution in [0.15, 0.2) is 0 Å². The van der Waals surface area contributed by atoms with Crippen molar-refractivity contribution < 1.29 is 0 Å². The first-order valence-corrected chi connectivity index (χ1v) is 4.91. The van der Waals surface area contributed by atoms with Gasteiger partial charge in [0.05, 0.1) is 0 Å². The summed E-state index contributed by atoms with van der Waals surface area (Å²) in [6, 6.07) is 0. The van der Waals surface area contributed by atoms with Gasteiger partial charge in [-0.1, -0.05) is 0 Å². The average Bonchev–Trinajstić information content (AvgIpc) is 2.33. The third-order valence-electron chi connectivity index (χ3n) is 2.43. The Balaban J connectivity index is 1.97. The van der Waals surface area contributed by atoms with Crippen LogP contribution in [0, 0.1) is 11.8 Å². The first-order chi connectivity index (χ1) is 4.47. The molecule has 2 aliphatic rings. The molecule has 0 aromatic heterocycles. The lowest BCUT2D eigenvalue weighted by Gasteiger charge is -2.24. The summed E-state index contributed by atoms with van der Waals surface area (Å²) in [5.41, 5.74) is 0. The van der Waals surface area contributed by atoms with Crippen molar-refractivity contribution in [3.8, 4) is 0 Å². The van der Waals surface area contributed by atoms with E-state index in [0.717, 1.165) is 11.8 Å². The predicted molar refractivity (Wildman–Crippen MR) is 41.8 cm³/mol. The monoisotopic (exact) mass is 143 g/mol. The molecule has 1 nitrogen and oxygen atoms in total. The molecule has 2 rings (SSSR count). The topological polar surface area (TPSA) is 12.0 Å². The third-order valence-corrected chi connectivity index (χ3v) is 3.76. The molecule has 0 spiro atoms. The molecule has 52 valence electrons. The SMILES string of the molecule is C1C[C@@H]2CSC[C@@H]2CN1. The van der Waals surface area contributed by atoms with Crippen molar-refractivity contribution in [2.75, 3.05) is 24.6 Å². The highest BCUT2D eigenvalue weighted by molar-refractivity contribution is 7.99. The molecule has 2 heteroatoms. The Bertz CT molecular complexity index is 93.1. The van der Waals surface area contributed by atoms with Gasteiger partial charge in [0, 0.05) is 0 Å². The Morgan fingerprint density at radius 2 is 2.11 bits per heavy atom. The summed E-state index contributed by atoms with van der Waals surface area (Å²) in [4.78, 5) is 0. The highest BCUT2D eigenvalue weighted by Crippen LogP contribution is 2.33. The predicted octanol–water partition coefficient (Wildman–Crippen LogP) is 0.959. The summed E-state index contributed by atoms with van der Waals surface area (Å²) in [6.07, 6.45) is 1.43. The fourth-order valence-electron chi connectivity index (χ4n) is 1.76. The zero-order valence-electron chi connectivity index (χ0n) is 5.60. The van der Waals surface area contributed by atoms with Gasteiger partial charge < -0.3 is 5.32 Å². The number of nitrogens with one attached hydrogen (secondary N) is 1. The standard InChI is InChI=1S/C7H13NS/c1-2-8-3-7-5-9-4-6(1)7/h6-8H,1-5H2/t6-,7+/m1/s1. The largest absolute Gasteiger partial charge is 0.316 e. The van der Waals surface area contributed by atoms with Crippen LogP contribution in [-0.2, 0) is 0 Å². The van der Waals surface area contributed by atoms with Crippen LogP contribution in [0.5, 0.6) is 0 Å². The maximum atomic E-state index is 3.44. The van der Waals surface area contributed by atoms with E-state index >= 15 is 0 Å². The van der Waals surface area contributed by atoms with E-state index in [-0.39, 0.29) is 0 Å². The number of hydrogen-bond donors (Lipinski definition) is 1. The van der Waals surface area contributed by atoms with Crippen LogP contribution < -0.4 is 5.32 Å². The summed E-state index contributed by atoms with van der Waals surface area (Å²) in [5, 5.41) is 3.44. The highest BCUT2D eigenvalue weighted by atomic mass is 32.2. The summed E-state index contributed by atoms with van der Waals surface area (Å²) < 4.78 is 0. The van der Waals surface area contributed by atoms with E-state index in [1.807, 2.05) is 0 Å². The van der Waals surface area contributed by atoms with Crippen molar-refractivity contribution in [1.29, 1.82) is 0 Å². The fourth-order valence-corrected chi connectivity index (χ4v) is 3.33. The first kappa shape index (κ1) is 6.05. The van der Waals surface area contributed by atoms with E-state index in [4.69, 9.17) is 0 Å². The van der Waals surface area contributed by atoms with Crippen molar-refractivity contribution in [2.24, 2.45) is 11.8 Å². The summed E-state index contributed by atoms with van der Waals surface area (Å²) in [6.45, 7) is 2.55. The molecule has 0 aromatic rings. The van der Waals surface area contributed by atoms with Crippen LogP contribution in [-0.4, -0.2) is 24.6 Å². The van der Waals surface area contributed by atoms with E-state index in [2.05, 4.69) is 17.1 Å². The van der Waals surface area contributed by atoms with Crippen LogP contribution in [0.25, 0.3) is 0 Å². The van der Waals surface area contributed by atoms with Crippen molar-refractivity contribution in [3.63, 3.8) is 0 Å². The fraction of sp³-hybridized carbons (Fsp3) is 1.00. The Hall–Kier alpha value is 0.310. The molecule has 0 radical (unpaired) electrons. The Kier molecular flexibility index (Phi) is 1.68. The van der Waals surface area contributed by atoms with E-state index in [1.165, 1.54) is 31.0 Å². The van der Waals surface area contributed by atoms with Crippen molar-refractivity contribution in [2.45, 2.75) is 6.42 Å². The second-order valence-corrected chi connectivity index (χ2v) is 4.13. The van der Waals surface area contributed by atoms with Gasteiger partial charge in [0.1, 0.15) is 0 Å². The van der Waals surface area contributed by atoms with Crippen LogP contribution >= 0.6 is 11.8 Å². The molecule has 0 saturated carbocycles. The van der Waals surface area contributed by atoms with Crippen molar-refractivity contribution in [3.05, 3.63) is 0 Å². The molecule has 2 heterocycles. The maximum Gasteiger partial charge on any atom is -0.000966 e. The zero-order valence-corrected chi connectivity index (χ0v) is 6.41. The van der Waals surface area contributed by atoms with Gasteiger partial charge in [-0.3, -0.25) is 0 Å². The van der Waals surface area contributed by atoms with E-state index in [9.17, 15) is 0 Å². The third kappa shape index (κ3) is 1.10. The van der Waals surface area contributed by atoms with Crippen LogP contribution in [0.3, 0.4) is 0 Å². The molecule has 2 aliphatic heterocycles. The summed E-state index contributed by atoms with van der Waals surface area (Å²) >= 11 is 2.14. The molecule has 9 heavy (non-hydrogen) atoms. The second kappa shape index (κ2) is 2.51. The molecule has 0 bridgehead atoms. The lowest BCUT2D eigenvalue weighted by atomic mass is 9.90. The van der Waals surface area contributed by atoms with Crippen molar-refractivity contribution >= 4 is 11.8 Å². The molecule has 2 fully saturated rings. The molecule has 0 unspecified atom stereocenters. The summed E-state index contributed by atoms with van der Waals surface area (Å²) in [5.74, 6) is 4.93. The lowest BCUT2D eigenvalue weighted by Crippen LogP contribution is -2.35. The minimum absolute atomic E-state index is 1.02. The van der Waals surface area contributed by atoms with E-state index in [0.29, 0.717) is 0 Å². The van der Waals surface area contributed by atoms with Crippen molar-refractivity contribution in [1.82, 2.24) is 5.32 Å². The van der Waals surface area contributed by atoms with E-state index in [1.54, 1.807) is 0 Å². The van der Waals surface area contributed by atoms with Gasteiger partial charge in [-0.15, -0.1) is 0 Å². The minimum Gasteiger partial charge on any atom is -0.316 e. The zero-order chi connectivity index (χ0) is 6.10. The minimum atomic E-state index is 1.02. The van der Waals surface area contributed by atoms with Gasteiger partial charge in [0.2, 0.25) is 0 Å². The van der Waals surface area contributed by atoms with Gasteiger partial charge in [-0.2, -0.15) is 11.8 Å². The van der Waals surface area contributed by atoms with Gasteiger partial charge >= 0.3 is 0 Å². The molecule has 0 aromatic carbocycles. The molecule has 0 amide bonds. The van der Waals surface area contributed by atoms with Gasteiger partial charge in [-0.25, -0.2) is 0 Å². The number of hydrogen-bond acceptors (Lipinski definition) is 2. The smallest absolute Gasteiger partial charge is 0.000966 e. The molecular weight excluding hydrogens is 130 g/mol. The number of piperidine rings is 1. The number of rotatable bonds is 0. The van der Waals surface area contributed by atoms with Gasteiger partial charge in [-0.05, 0) is 42.9 Å². The molecule has 0 aliphatic carbocycles. The second-order valence-electron chi connectivity index (χ2n) is 3.05. The molecular formula is C7H13NS. The molecule has 2 atom stereocenters. The van der Waals surface area contributed by atoms with Crippen LogP contribution in [0.4, 0.5) is 0 Å². The first-order valence-electron chi connectivity index (χ1n) is 3.75. The highest BCUT2D eigenvalue weighted by Gasteiger charge is 2.29. The quantitative estimate of drug-likeness (QED) is 0.542.